The molecule has 0 amide bonds. The van der Waals surface area contributed by atoms with Crippen molar-refractivity contribution >= 4 is 21.5 Å². The van der Waals surface area contributed by atoms with Crippen LogP contribution in [0.25, 0.3) is 32.7 Å². The topological polar surface area (TPSA) is 0 Å². The number of unbranched alkanes of at least 4 members (excludes halogenated alkanes) is 6. The van der Waals surface area contributed by atoms with E-state index in [0.29, 0.717) is 0 Å². The summed E-state index contributed by atoms with van der Waals surface area (Å²) < 4.78 is 0. The third kappa shape index (κ3) is 5.80. The second kappa shape index (κ2) is 11.3. The summed E-state index contributed by atoms with van der Waals surface area (Å²) in [5.74, 6) is 0. The summed E-state index contributed by atoms with van der Waals surface area (Å²) in [5, 5.41) is 5.37. The molecular formula is C32H38. The Morgan fingerprint density at radius 1 is 0.406 bits per heavy atom. The van der Waals surface area contributed by atoms with Crippen LogP contribution in [0.3, 0.4) is 0 Å². The van der Waals surface area contributed by atoms with Gasteiger partial charge in [0.1, 0.15) is 0 Å². The van der Waals surface area contributed by atoms with E-state index in [0.717, 1.165) is 6.42 Å². The smallest absolute Gasteiger partial charge is 0.0171 e. The first-order chi connectivity index (χ1) is 15.8. The Balaban J connectivity index is 1.46. The van der Waals surface area contributed by atoms with E-state index in [4.69, 9.17) is 0 Å². The molecule has 0 nitrogen and oxygen atoms in total. The summed E-state index contributed by atoms with van der Waals surface area (Å²) in [6, 6.07) is 27.8. The van der Waals surface area contributed by atoms with E-state index in [2.05, 4.69) is 86.6 Å². The van der Waals surface area contributed by atoms with E-state index in [1.165, 1.54) is 102 Å². The van der Waals surface area contributed by atoms with Crippen LogP contribution < -0.4 is 0 Å². The van der Waals surface area contributed by atoms with Gasteiger partial charge >= 0.3 is 0 Å². The molecule has 0 saturated heterocycles. The van der Waals surface area contributed by atoms with Crippen LogP contribution >= 0.6 is 0 Å². The van der Waals surface area contributed by atoms with Crippen molar-refractivity contribution < 1.29 is 0 Å². The summed E-state index contributed by atoms with van der Waals surface area (Å²) in [5.41, 5.74) is 5.51. The number of fused-ring (bicyclic) bond motifs is 2. The van der Waals surface area contributed by atoms with Crippen LogP contribution in [0.5, 0.6) is 0 Å². The zero-order valence-electron chi connectivity index (χ0n) is 20.0. The molecule has 166 valence electrons. The van der Waals surface area contributed by atoms with E-state index in [1.54, 1.807) is 0 Å². The minimum Gasteiger partial charge on any atom is -0.0654 e. The van der Waals surface area contributed by atoms with E-state index >= 15 is 0 Å². The van der Waals surface area contributed by atoms with Crippen LogP contribution in [0, 0.1) is 0 Å². The van der Waals surface area contributed by atoms with Gasteiger partial charge in [0.2, 0.25) is 0 Å². The molecule has 0 aliphatic heterocycles. The largest absolute Gasteiger partial charge is 0.0654 e. The highest BCUT2D eigenvalue weighted by molar-refractivity contribution is 5.99. The average Bonchev–Trinajstić information content (AvgIpc) is 2.82. The molecule has 0 radical (unpaired) electrons. The maximum atomic E-state index is 2.41. The monoisotopic (exact) mass is 422 g/mol. The molecule has 0 fully saturated rings. The van der Waals surface area contributed by atoms with E-state index in [-0.39, 0.29) is 0 Å². The predicted molar refractivity (Wildman–Crippen MR) is 143 cm³/mol. The van der Waals surface area contributed by atoms with Crippen LogP contribution in [0.2, 0.25) is 0 Å². The third-order valence-electron chi connectivity index (χ3n) is 6.75. The normalized spacial score (nSPS) is 11.4. The molecule has 0 heteroatoms. The molecule has 0 heterocycles. The van der Waals surface area contributed by atoms with Gasteiger partial charge in [0.25, 0.3) is 0 Å². The number of hydrogen-bond acceptors (Lipinski definition) is 0. The number of benzene rings is 4. The molecule has 32 heavy (non-hydrogen) atoms. The maximum Gasteiger partial charge on any atom is -0.0171 e. The third-order valence-corrected chi connectivity index (χ3v) is 6.75. The fourth-order valence-corrected chi connectivity index (χ4v) is 4.82. The first-order valence-electron chi connectivity index (χ1n) is 12.8. The number of aryl methyl sites for hydroxylation is 2. The van der Waals surface area contributed by atoms with Gasteiger partial charge in [-0.05, 0) is 81.3 Å². The molecule has 0 atom stereocenters. The lowest BCUT2D eigenvalue weighted by Gasteiger charge is -2.09. The van der Waals surface area contributed by atoms with Crippen LogP contribution in [0.4, 0.5) is 0 Å². The van der Waals surface area contributed by atoms with Crippen molar-refractivity contribution in [2.24, 2.45) is 0 Å². The van der Waals surface area contributed by atoms with Gasteiger partial charge in [-0.1, -0.05) is 113 Å². The first-order valence-corrected chi connectivity index (χ1v) is 12.8. The van der Waals surface area contributed by atoms with Crippen molar-refractivity contribution in [1.82, 2.24) is 0 Å². The Morgan fingerprint density at radius 2 is 1.00 bits per heavy atom. The fourth-order valence-electron chi connectivity index (χ4n) is 4.82. The molecule has 0 aliphatic carbocycles. The van der Waals surface area contributed by atoms with Crippen LogP contribution in [-0.2, 0) is 12.8 Å². The van der Waals surface area contributed by atoms with Gasteiger partial charge in [-0.25, -0.2) is 0 Å². The molecule has 0 aromatic heterocycles. The zero-order valence-corrected chi connectivity index (χ0v) is 20.0. The Morgan fingerprint density at radius 3 is 1.72 bits per heavy atom. The molecule has 0 bridgehead atoms. The minimum atomic E-state index is 1.16. The highest BCUT2D eigenvalue weighted by atomic mass is 14.1. The maximum absolute atomic E-state index is 2.41. The average molecular weight is 423 g/mol. The van der Waals surface area contributed by atoms with Gasteiger partial charge in [0, 0.05) is 0 Å². The lowest BCUT2D eigenvalue weighted by atomic mass is 9.96. The zero-order chi connectivity index (χ0) is 22.2. The lowest BCUT2D eigenvalue weighted by Crippen LogP contribution is -1.88. The summed E-state index contributed by atoms with van der Waals surface area (Å²) in [7, 11) is 0. The quantitative estimate of drug-likeness (QED) is 0.167. The highest BCUT2D eigenvalue weighted by Gasteiger charge is 2.04. The second-order valence-corrected chi connectivity index (χ2v) is 9.41. The molecular weight excluding hydrogens is 384 g/mol. The summed E-state index contributed by atoms with van der Waals surface area (Å²) >= 11 is 0. The van der Waals surface area contributed by atoms with Crippen LogP contribution in [0.15, 0.2) is 72.8 Å². The van der Waals surface area contributed by atoms with Crippen molar-refractivity contribution in [1.29, 1.82) is 0 Å². The van der Waals surface area contributed by atoms with E-state index in [1.807, 2.05) is 0 Å². The van der Waals surface area contributed by atoms with Gasteiger partial charge in [-0.3, -0.25) is 0 Å². The molecule has 0 saturated carbocycles. The van der Waals surface area contributed by atoms with Gasteiger partial charge in [-0.2, -0.15) is 0 Å². The van der Waals surface area contributed by atoms with Crippen LogP contribution in [-0.4, -0.2) is 0 Å². The van der Waals surface area contributed by atoms with Crippen molar-refractivity contribution in [3.8, 4) is 11.1 Å². The predicted octanol–water partition coefficient (Wildman–Crippen LogP) is 9.91. The van der Waals surface area contributed by atoms with Gasteiger partial charge in [-0.15, -0.1) is 0 Å². The standard InChI is InChI=1S/C32H38/c1-3-5-6-7-8-9-10-12-26-15-18-29-24-32-22-28(19-20-30(32)23-31(29)21-26)27-16-13-25(11-4-2)14-17-27/h13-24H,3-12H2,1-2H3. The SMILES string of the molecule is CCCCCCCCCc1ccc2cc3cc(-c4ccc(CCC)cc4)ccc3cc2c1. The second-order valence-electron chi connectivity index (χ2n) is 9.41. The molecule has 0 N–H and O–H groups in total. The Labute approximate surface area is 194 Å². The summed E-state index contributed by atoms with van der Waals surface area (Å²) in [6.45, 7) is 4.52. The Kier molecular flexibility index (Phi) is 7.99. The highest BCUT2D eigenvalue weighted by Crippen LogP contribution is 2.29. The summed E-state index contributed by atoms with van der Waals surface area (Å²) in [6.07, 6.45) is 13.2. The molecule has 4 aromatic rings. The number of hydrogen-bond donors (Lipinski definition) is 0. The number of rotatable bonds is 11. The van der Waals surface area contributed by atoms with E-state index < -0.39 is 0 Å². The van der Waals surface area contributed by atoms with Crippen molar-refractivity contribution in [2.75, 3.05) is 0 Å². The Hall–Kier alpha value is -2.60. The van der Waals surface area contributed by atoms with Gasteiger partial charge in [0.05, 0.1) is 0 Å². The van der Waals surface area contributed by atoms with Gasteiger partial charge < -0.3 is 0 Å². The molecule has 0 spiro atoms. The van der Waals surface area contributed by atoms with E-state index in [9.17, 15) is 0 Å². The molecule has 4 rings (SSSR count). The lowest BCUT2D eigenvalue weighted by molar-refractivity contribution is 0.589. The molecule has 0 unspecified atom stereocenters. The van der Waals surface area contributed by atoms with Crippen molar-refractivity contribution in [3.05, 3.63) is 83.9 Å². The minimum absolute atomic E-state index is 1.16. The Bertz CT molecular complexity index is 1130. The summed E-state index contributed by atoms with van der Waals surface area (Å²) in [4.78, 5) is 0. The van der Waals surface area contributed by atoms with Crippen molar-refractivity contribution in [2.45, 2.75) is 78.1 Å². The first kappa shape index (κ1) is 22.6. The van der Waals surface area contributed by atoms with Crippen LogP contribution in [0.1, 0.15) is 76.3 Å². The van der Waals surface area contributed by atoms with Gasteiger partial charge in [0.15, 0.2) is 0 Å². The molecule has 0 aliphatic rings. The fraction of sp³-hybridized carbons (Fsp3) is 0.375. The molecule has 4 aromatic carbocycles. The van der Waals surface area contributed by atoms with Crippen molar-refractivity contribution in [3.63, 3.8) is 0 Å².